The monoisotopic (exact) mass is 374 g/mol. The normalized spacial score (nSPS) is 16.0. The molecule has 1 atom stereocenters. The van der Waals surface area contributed by atoms with E-state index in [1.165, 1.54) is 5.56 Å². The molecule has 25 heavy (non-hydrogen) atoms. The van der Waals surface area contributed by atoms with E-state index in [-0.39, 0.29) is 11.2 Å². The number of nitrogens with zero attached hydrogens (tertiary/aromatic N) is 2. The van der Waals surface area contributed by atoms with Crippen molar-refractivity contribution in [2.75, 3.05) is 31.1 Å². The second-order valence-electron chi connectivity index (χ2n) is 6.37. The number of hydrogen-bond acceptors (Lipinski definition) is 3. The van der Waals surface area contributed by atoms with E-state index in [4.69, 9.17) is 11.6 Å². The van der Waals surface area contributed by atoms with E-state index in [0.717, 1.165) is 41.8 Å². The summed E-state index contributed by atoms with van der Waals surface area (Å²) in [5.41, 5.74) is 2.36. The molecule has 3 rings (SSSR count). The molecule has 0 aromatic heterocycles. The van der Waals surface area contributed by atoms with Crippen molar-refractivity contribution < 1.29 is 4.79 Å². The minimum Gasteiger partial charge on any atom is -0.368 e. The van der Waals surface area contributed by atoms with Crippen LogP contribution in [0, 0.1) is 6.92 Å². The Labute approximate surface area is 159 Å². The number of aryl methyl sites for hydroxylation is 1. The third-order valence-corrected chi connectivity index (χ3v) is 5.78. The van der Waals surface area contributed by atoms with Crippen molar-refractivity contribution >= 4 is 35.0 Å². The fraction of sp³-hybridized carbons (Fsp3) is 0.350. The highest BCUT2D eigenvalue weighted by Crippen LogP contribution is 2.26. The Bertz CT molecular complexity index is 727. The van der Waals surface area contributed by atoms with Crippen LogP contribution in [0.4, 0.5) is 5.69 Å². The molecule has 0 unspecified atom stereocenters. The number of hydrogen-bond donors (Lipinski definition) is 0. The summed E-state index contributed by atoms with van der Waals surface area (Å²) < 4.78 is 0. The topological polar surface area (TPSA) is 23.6 Å². The van der Waals surface area contributed by atoms with Gasteiger partial charge in [0, 0.05) is 41.8 Å². The molecule has 2 aromatic carbocycles. The summed E-state index contributed by atoms with van der Waals surface area (Å²) in [7, 11) is 0. The van der Waals surface area contributed by atoms with Gasteiger partial charge >= 0.3 is 0 Å². The van der Waals surface area contributed by atoms with Gasteiger partial charge in [-0.05, 0) is 44.2 Å². The number of halogens is 1. The summed E-state index contributed by atoms with van der Waals surface area (Å²) >= 11 is 7.71. The van der Waals surface area contributed by atoms with Crippen LogP contribution in [-0.4, -0.2) is 42.2 Å². The molecule has 0 saturated carbocycles. The van der Waals surface area contributed by atoms with E-state index in [2.05, 4.69) is 42.2 Å². The van der Waals surface area contributed by atoms with Crippen LogP contribution in [0.25, 0.3) is 0 Å². The first kappa shape index (κ1) is 18.2. The molecule has 5 heteroatoms. The van der Waals surface area contributed by atoms with Gasteiger partial charge in [-0.2, -0.15) is 0 Å². The average molecular weight is 375 g/mol. The lowest BCUT2D eigenvalue weighted by molar-refractivity contribution is -0.130. The molecule has 0 spiro atoms. The van der Waals surface area contributed by atoms with Gasteiger partial charge in [-0.25, -0.2) is 0 Å². The number of benzene rings is 2. The van der Waals surface area contributed by atoms with Crippen LogP contribution in [0.3, 0.4) is 0 Å². The number of amides is 1. The highest BCUT2D eigenvalue weighted by atomic mass is 35.5. The van der Waals surface area contributed by atoms with Gasteiger partial charge in [0.1, 0.15) is 0 Å². The Balaban J connectivity index is 1.54. The maximum Gasteiger partial charge on any atom is 0.235 e. The predicted octanol–water partition coefficient (Wildman–Crippen LogP) is 4.48. The van der Waals surface area contributed by atoms with Gasteiger partial charge in [-0.3, -0.25) is 4.79 Å². The summed E-state index contributed by atoms with van der Waals surface area (Å²) in [5, 5.41) is 0.680. The van der Waals surface area contributed by atoms with Crippen molar-refractivity contribution in [1.29, 1.82) is 0 Å². The van der Waals surface area contributed by atoms with Crippen molar-refractivity contribution in [3.05, 3.63) is 59.1 Å². The van der Waals surface area contributed by atoms with Crippen molar-refractivity contribution in [2.45, 2.75) is 24.0 Å². The molecule has 2 aromatic rings. The van der Waals surface area contributed by atoms with Crippen molar-refractivity contribution in [3.8, 4) is 0 Å². The standard InChI is InChI=1S/C20H23ClN2OS/c1-15-6-8-19(9-7-15)25-16(2)20(24)23-12-10-22(11-13-23)18-5-3-4-17(21)14-18/h3-9,14,16H,10-13H2,1-2H3/t16-/m1/s1. The SMILES string of the molecule is Cc1ccc(S[C@H](C)C(=O)N2CCN(c3cccc(Cl)c3)CC2)cc1. The molecule has 0 aliphatic carbocycles. The molecular formula is C20H23ClN2OS. The maximum absolute atomic E-state index is 12.7. The van der Waals surface area contributed by atoms with Gasteiger partial charge in [0.2, 0.25) is 5.91 Å². The highest BCUT2D eigenvalue weighted by molar-refractivity contribution is 8.00. The molecule has 1 saturated heterocycles. The number of thioether (sulfide) groups is 1. The third-order valence-electron chi connectivity index (χ3n) is 4.45. The van der Waals surface area contributed by atoms with E-state index in [0.29, 0.717) is 0 Å². The van der Waals surface area contributed by atoms with Gasteiger partial charge in [0.05, 0.1) is 5.25 Å². The van der Waals surface area contributed by atoms with Gasteiger partial charge in [0.25, 0.3) is 0 Å². The van der Waals surface area contributed by atoms with Gasteiger partial charge < -0.3 is 9.80 Å². The summed E-state index contributed by atoms with van der Waals surface area (Å²) in [5.74, 6) is 0.219. The molecule has 132 valence electrons. The first-order chi connectivity index (χ1) is 12.0. The van der Waals surface area contributed by atoms with Crippen LogP contribution in [0.1, 0.15) is 12.5 Å². The number of rotatable bonds is 4. The fourth-order valence-electron chi connectivity index (χ4n) is 2.99. The molecular weight excluding hydrogens is 352 g/mol. The van der Waals surface area contributed by atoms with Crippen LogP contribution in [-0.2, 0) is 4.79 Å². The van der Waals surface area contributed by atoms with E-state index < -0.39 is 0 Å². The van der Waals surface area contributed by atoms with E-state index in [1.54, 1.807) is 11.8 Å². The minimum atomic E-state index is -0.0691. The number of carbonyl (C=O) groups is 1. The second kappa shape index (κ2) is 8.15. The summed E-state index contributed by atoms with van der Waals surface area (Å²) in [4.78, 5) is 18.1. The molecule has 1 heterocycles. The van der Waals surface area contributed by atoms with E-state index in [1.807, 2.05) is 30.0 Å². The molecule has 3 nitrogen and oxygen atoms in total. The van der Waals surface area contributed by atoms with E-state index >= 15 is 0 Å². The van der Waals surface area contributed by atoms with Crippen LogP contribution in [0.2, 0.25) is 5.02 Å². The first-order valence-corrected chi connectivity index (χ1v) is 9.81. The molecule has 0 bridgehead atoms. The van der Waals surface area contributed by atoms with Gasteiger partial charge in [0.15, 0.2) is 0 Å². The number of carbonyl (C=O) groups excluding carboxylic acids is 1. The smallest absolute Gasteiger partial charge is 0.235 e. The van der Waals surface area contributed by atoms with Gasteiger partial charge in [-0.1, -0.05) is 35.4 Å². The lowest BCUT2D eigenvalue weighted by Crippen LogP contribution is -2.50. The Morgan fingerprint density at radius 3 is 2.40 bits per heavy atom. The average Bonchev–Trinajstić information content (AvgIpc) is 2.63. The highest BCUT2D eigenvalue weighted by Gasteiger charge is 2.25. The molecule has 1 aliphatic rings. The summed E-state index contributed by atoms with van der Waals surface area (Å²) in [6.45, 7) is 7.26. The fourth-order valence-corrected chi connectivity index (χ4v) is 4.12. The number of piperazine rings is 1. The maximum atomic E-state index is 12.7. The quantitative estimate of drug-likeness (QED) is 0.737. The Kier molecular flexibility index (Phi) is 5.92. The summed E-state index contributed by atoms with van der Waals surface area (Å²) in [6.07, 6.45) is 0. The number of anilines is 1. The first-order valence-electron chi connectivity index (χ1n) is 8.55. The third kappa shape index (κ3) is 4.71. The largest absolute Gasteiger partial charge is 0.368 e. The molecule has 0 N–H and O–H groups in total. The lowest BCUT2D eigenvalue weighted by Gasteiger charge is -2.37. The minimum absolute atomic E-state index is 0.0691. The molecule has 0 radical (unpaired) electrons. The van der Waals surface area contributed by atoms with Crippen LogP contribution >= 0.6 is 23.4 Å². The Morgan fingerprint density at radius 1 is 1.08 bits per heavy atom. The van der Waals surface area contributed by atoms with Crippen molar-refractivity contribution in [1.82, 2.24) is 4.90 Å². The van der Waals surface area contributed by atoms with E-state index in [9.17, 15) is 4.79 Å². The molecule has 1 aliphatic heterocycles. The zero-order chi connectivity index (χ0) is 17.8. The zero-order valence-corrected chi connectivity index (χ0v) is 16.2. The van der Waals surface area contributed by atoms with Crippen LogP contribution in [0.5, 0.6) is 0 Å². The van der Waals surface area contributed by atoms with Crippen LogP contribution < -0.4 is 4.90 Å². The molecule has 1 fully saturated rings. The second-order valence-corrected chi connectivity index (χ2v) is 8.22. The Hall–Kier alpha value is -1.65. The van der Waals surface area contributed by atoms with Crippen molar-refractivity contribution in [2.24, 2.45) is 0 Å². The predicted molar refractivity (Wildman–Crippen MR) is 107 cm³/mol. The summed E-state index contributed by atoms with van der Waals surface area (Å²) in [6, 6.07) is 16.2. The zero-order valence-electron chi connectivity index (χ0n) is 14.6. The lowest BCUT2D eigenvalue weighted by atomic mass is 10.2. The Morgan fingerprint density at radius 2 is 1.76 bits per heavy atom. The molecule has 1 amide bonds. The van der Waals surface area contributed by atoms with Gasteiger partial charge in [-0.15, -0.1) is 11.8 Å². The van der Waals surface area contributed by atoms with Crippen LogP contribution in [0.15, 0.2) is 53.4 Å². The van der Waals surface area contributed by atoms with Crippen molar-refractivity contribution in [3.63, 3.8) is 0 Å².